The number of rotatable bonds is 27. The van der Waals surface area contributed by atoms with Gasteiger partial charge in [0, 0.05) is 94.0 Å². The summed E-state index contributed by atoms with van der Waals surface area (Å²) >= 11 is 0. The number of nitrogens with two attached hydrogens (primary N) is 1. The maximum atomic E-state index is 13.6. The van der Waals surface area contributed by atoms with E-state index in [-0.39, 0.29) is 85.8 Å². The predicted molar refractivity (Wildman–Crippen MR) is 281 cm³/mol. The minimum Gasteiger partial charge on any atom is -0.479 e. The molecule has 26 nitrogen and oxygen atoms in total. The number of aliphatic carboxylic acids is 1. The molecule has 0 bridgehead atoms. The van der Waals surface area contributed by atoms with Gasteiger partial charge in [0.1, 0.15) is 24.5 Å². The Labute approximate surface area is 455 Å². The Balaban J connectivity index is 0.985. The Morgan fingerprint density at radius 2 is 1.58 bits per heavy atom. The van der Waals surface area contributed by atoms with Crippen LogP contribution in [0.15, 0.2) is 79.1 Å². The Morgan fingerprint density at radius 1 is 0.848 bits per heavy atom. The number of unbranched alkanes of at least 4 members (excludes halogenated alkanes) is 3. The summed E-state index contributed by atoms with van der Waals surface area (Å²) in [5.74, 6) is -5.01. The van der Waals surface area contributed by atoms with Crippen LogP contribution in [0.5, 0.6) is 5.75 Å². The molecule has 3 heterocycles. The van der Waals surface area contributed by atoms with Crippen molar-refractivity contribution in [2.45, 2.75) is 120 Å². The van der Waals surface area contributed by atoms with Gasteiger partial charge in [-0.05, 0) is 73.7 Å². The second-order valence-corrected chi connectivity index (χ2v) is 18.9. The zero-order chi connectivity index (χ0) is 56.8. The number of benzene rings is 2. The summed E-state index contributed by atoms with van der Waals surface area (Å²) in [7, 11) is 1.59. The third-order valence-corrected chi connectivity index (χ3v) is 13.0. The zero-order valence-electron chi connectivity index (χ0n) is 43.7. The van der Waals surface area contributed by atoms with Crippen molar-refractivity contribution >= 4 is 70.6 Å². The highest BCUT2D eigenvalue weighted by molar-refractivity contribution is 6.15. The summed E-state index contributed by atoms with van der Waals surface area (Å²) < 4.78 is 16.6. The number of amides is 9. The molecule has 1 aliphatic carbocycles. The van der Waals surface area contributed by atoms with Crippen molar-refractivity contribution in [1.82, 2.24) is 30.5 Å². The quantitative estimate of drug-likeness (QED) is 0.0301. The zero-order valence-corrected chi connectivity index (χ0v) is 43.7. The molecule has 9 amide bonds. The number of imide groups is 1. The first-order valence-electron chi connectivity index (χ1n) is 26.1. The number of aliphatic hydroxyl groups excluding tert-OH is 2. The highest BCUT2D eigenvalue weighted by atomic mass is 16.7. The summed E-state index contributed by atoms with van der Waals surface area (Å²) in [6.07, 6.45) is 5.02. The number of nitrogens with zero attached hydrogens (tertiary/aromatic N) is 4. The summed E-state index contributed by atoms with van der Waals surface area (Å²) in [5.41, 5.74) is 7.00. The lowest BCUT2D eigenvalue weighted by atomic mass is 9.95. The average Bonchev–Trinajstić information content (AvgIpc) is 3.77. The summed E-state index contributed by atoms with van der Waals surface area (Å²) in [4.78, 5) is 127. The number of likely N-dealkylation sites (N-methyl/N-ethyl adjacent to an activating group) is 1. The maximum absolute atomic E-state index is 13.6. The fraction of sp³-hybridized carbons (Fsp3) is 0.472. The van der Waals surface area contributed by atoms with Gasteiger partial charge in [-0.15, -0.1) is 0 Å². The molecule has 2 aromatic carbocycles. The lowest BCUT2D eigenvalue weighted by Crippen LogP contribution is -2.53. The number of carboxylic acids is 1. The largest absolute Gasteiger partial charge is 0.479 e. The number of aliphatic hydroxyl groups is 2. The number of hydrogen-bond donors (Lipinski definition) is 9. The van der Waals surface area contributed by atoms with Crippen LogP contribution in [0.1, 0.15) is 93.0 Å². The molecular weight excluding hydrogens is 1030 g/mol. The normalized spacial score (nSPS) is 18.5. The number of ether oxygens (including phenoxy) is 3. The van der Waals surface area contributed by atoms with Gasteiger partial charge in [-0.2, -0.15) is 0 Å². The number of urea groups is 1. The van der Waals surface area contributed by atoms with Gasteiger partial charge in [0.15, 0.2) is 6.10 Å². The van der Waals surface area contributed by atoms with Crippen molar-refractivity contribution in [3.8, 4) is 5.75 Å². The van der Waals surface area contributed by atoms with Crippen LogP contribution in [-0.4, -0.2) is 165 Å². The number of carboxylic acid groups (broad SMARTS) is 1. The lowest BCUT2D eigenvalue weighted by molar-refractivity contribution is -0.238. The second kappa shape index (κ2) is 30.2. The molecule has 3 aliphatic rings. The molecule has 0 unspecified atom stereocenters. The van der Waals surface area contributed by atoms with Crippen LogP contribution < -0.4 is 37.1 Å². The van der Waals surface area contributed by atoms with E-state index in [0.29, 0.717) is 35.5 Å². The SMILES string of the molecule is CN(CCON(C(=O)CCCCCCNC(=O)Nc1ccncc1)C1CCCCC1)C(=O)c1cccc(NC(=O)OCc2ccc(O[C@@H]3O[C@H](C(=O)O)C[C@H](O)[C@H]3O)c(NC(=O)CCNC(=O)[C@H](CN)N3C(=O)C=CC3=O)c2)c1. The number of nitrogens with one attached hydrogen (secondary N) is 5. The molecule has 26 heteroatoms. The molecule has 1 saturated heterocycles. The van der Waals surface area contributed by atoms with Crippen molar-refractivity contribution in [3.63, 3.8) is 0 Å². The van der Waals surface area contributed by atoms with Gasteiger partial charge in [-0.25, -0.2) is 19.4 Å². The van der Waals surface area contributed by atoms with Crippen molar-refractivity contribution in [2.75, 3.05) is 55.8 Å². The molecule has 3 aromatic rings. The Kier molecular flexibility index (Phi) is 23.0. The number of hydroxylamine groups is 2. The average molecular weight is 1100 g/mol. The van der Waals surface area contributed by atoms with Crippen molar-refractivity contribution < 1.29 is 77.5 Å². The second-order valence-electron chi connectivity index (χ2n) is 18.9. The Bertz CT molecular complexity index is 2640. The van der Waals surface area contributed by atoms with E-state index < -0.39 is 72.8 Å². The van der Waals surface area contributed by atoms with Crippen LogP contribution in [-0.2, 0) is 49.7 Å². The van der Waals surface area contributed by atoms with Gasteiger partial charge in [0.05, 0.1) is 24.4 Å². The number of anilines is 3. The first kappa shape index (κ1) is 60.2. The van der Waals surface area contributed by atoms with E-state index >= 15 is 0 Å². The number of pyridine rings is 1. The molecule has 1 saturated carbocycles. The number of carbonyl (C=O) groups excluding carboxylic acids is 8. The molecule has 5 atom stereocenters. The van der Waals surface area contributed by atoms with E-state index in [1.54, 1.807) is 49.8 Å². The minimum absolute atomic E-state index is 0.0598. The van der Waals surface area contributed by atoms with E-state index in [1.165, 1.54) is 34.2 Å². The Morgan fingerprint density at radius 3 is 2.30 bits per heavy atom. The third-order valence-electron chi connectivity index (χ3n) is 13.0. The monoisotopic (exact) mass is 1100 g/mol. The molecule has 10 N–H and O–H groups in total. The number of hydrogen-bond acceptors (Lipinski definition) is 17. The highest BCUT2D eigenvalue weighted by Crippen LogP contribution is 2.31. The first-order chi connectivity index (χ1) is 38.0. The maximum Gasteiger partial charge on any atom is 0.411 e. The van der Waals surface area contributed by atoms with Gasteiger partial charge >= 0.3 is 18.1 Å². The van der Waals surface area contributed by atoms with Gasteiger partial charge in [-0.1, -0.05) is 44.2 Å². The molecule has 2 fully saturated rings. The van der Waals surface area contributed by atoms with Crippen LogP contribution in [0.25, 0.3) is 0 Å². The van der Waals surface area contributed by atoms with E-state index in [9.17, 15) is 58.5 Å². The van der Waals surface area contributed by atoms with E-state index in [1.807, 2.05) is 0 Å². The van der Waals surface area contributed by atoms with E-state index in [2.05, 4.69) is 31.6 Å². The first-order valence-corrected chi connectivity index (χ1v) is 26.1. The van der Waals surface area contributed by atoms with Crippen LogP contribution in [0.3, 0.4) is 0 Å². The van der Waals surface area contributed by atoms with Crippen LogP contribution in [0, 0.1) is 0 Å². The third kappa shape index (κ3) is 18.3. The topological polar surface area (TPSA) is 360 Å². The lowest BCUT2D eigenvalue weighted by Gasteiger charge is -2.35. The van der Waals surface area contributed by atoms with E-state index in [0.717, 1.165) is 63.5 Å². The summed E-state index contributed by atoms with van der Waals surface area (Å²) in [6.45, 7) is -0.338. The highest BCUT2D eigenvalue weighted by Gasteiger charge is 2.42. The van der Waals surface area contributed by atoms with Crippen LogP contribution in [0.4, 0.5) is 26.7 Å². The summed E-state index contributed by atoms with van der Waals surface area (Å²) in [5, 5.41) is 45.2. The molecule has 6 rings (SSSR count). The van der Waals surface area contributed by atoms with Gasteiger partial charge in [0.2, 0.25) is 24.0 Å². The smallest absolute Gasteiger partial charge is 0.411 e. The number of carbonyl (C=O) groups is 9. The fourth-order valence-corrected chi connectivity index (χ4v) is 8.77. The predicted octanol–water partition coefficient (Wildman–Crippen LogP) is 2.76. The molecule has 426 valence electrons. The molecule has 0 spiro atoms. The minimum atomic E-state index is -1.70. The molecular formula is C53H68N10O16. The number of aromatic nitrogens is 1. The molecule has 1 aromatic heterocycles. The van der Waals surface area contributed by atoms with Gasteiger partial charge in [-0.3, -0.25) is 48.8 Å². The summed E-state index contributed by atoms with van der Waals surface area (Å²) in [6, 6.07) is 11.9. The van der Waals surface area contributed by atoms with Gasteiger partial charge < -0.3 is 61.4 Å². The standard InChI is InChI=1S/C53H68N10O16/c1-61(26-27-77-63(37-12-5-4-6-13-37)46(68)14-7-2-3-8-22-57-52(74)58-35-19-23-55-24-20-35)49(71)34-10-9-11-36(29-34)59-53(75)76-32-33-15-16-41(78-51-47(69)40(64)30-42(79-51)50(72)73)38(28-33)60-43(65)21-25-56-48(70)39(31-54)62-44(66)17-18-45(62)67/h9-11,15-20,23-24,28-29,37,39-40,42,47,51,64,69H,2-8,12-14,21-22,25-27,30-32,54H2,1H3,(H,56,70)(H,59,75)(H,60,65)(H,72,73)(H2,55,57,58,74)/t39-,40-,42-,47+,51+/m0/s1. The van der Waals surface area contributed by atoms with Crippen molar-refractivity contribution in [1.29, 1.82) is 0 Å². The molecule has 79 heavy (non-hydrogen) atoms. The fourth-order valence-electron chi connectivity index (χ4n) is 8.77. The van der Waals surface area contributed by atoms with Crippen LogP contribution >= 0.6 is 0 Å². The molecule has 0 radical (unpaired) electrons. The molecule has 2 aliphatic heterocycles. The van der Waals surface area contributed by atoms with Crippen molar-refractivity contribution in [3.05, 3.63) is 90.3 Å². The van der Waals surface area contributed by atoms with E-state index in [4.69, 9.17) is 24.8 Å². The van der Waals surface area contributed by atoms with Gasteiger partial charge in [0.25, 0.3) is 17.7 Å². The Hall–Kier alpha value is -8.04. The van der Waals surface area contributed by atoms with Crippen LogP contribution in [0.2, 0.25) is 0 Å². The van der Waals surface area contributed by atoms with Crippen molar-refractivity contribution in [2.24, 2.45) is 5.73 Å².